The molecule has 42 heavy (non-hydrogen) atoms. The van der Waals surface area contributed by atoms with Crippen molar-refractivity contribution in [2.75, 3.05) is 9.80 Å². The van der Waals surface area contributed by atoms with E-state index in [2.05, 4.69) is 9.80 Å². The number of para-hydroxylation sites is 8. The monoisotopic (exact) mass is 544 g/mol. The van der Waals surface area contributed by atoms with Crippen LogP contribution in [0.1, 0.15) is 15.9 Å². The van der Waals surface area contributed by atoms with Crippen LogP contribution in [-0.4, -0.2) is 15.8 Å². The normalized spacial score (nSPS) is 13.6. The van der Waals surface area contributed by atoms with Gasteiger partial charge in [0.05, 0.1) is 45.3 Å². The molecular weight excluding hydrogens is 524 g/mol. The van der Waals surface area contributed by atoms with Crippen LogP contribution in [-0.2, 0) is 0 Å². The van der Waals surface area contributed by atoms with Gasteiger partial charge in [0.1, 0.15) is 11.4 Å². The third kappa shape index (κ3) is 3.07. The number of pyridine rings is 2. The molecule has 9 rings (SSSR count). The van der Waals surface area contributed by atoms with Crippen LogP contribution in [0.15, 0.2) is 122 Å². The van der Waals surface area contributed by atoms with Crippen molar-refractivity contribution in [3.05, 3.63) is 133 Å². The van der Waals surface area contributed by atoms with E-state index in [1.54, 1.807) is 12.4 Å². The van der Waals surface area contributed by atoms with Gasteiger partial charge in [-0.2, -0.15) is 0 Å². The van der Waals surface area contributed by atoms with Crippen molar-refractivity contribution < 1.29 is 14.3 Å². The molecule has 0 radical (unpaired) electrons. The predicted molar refractivity (Wildman–Crippen MR) is 160 cm³/mol. The first kappa shape index (κ1) is 22.8. The molecule has 0 bridgehead atoms. The number of carbonyl (C=O) groups excluding carboxylic acids is 1. The van der Waals surface area contributed by atoms with Crippen molar-refractivity contribution in [2.24, 2.45) is 0 Å². The highest BCUT2D eigenvalue weighted by atomic mass is 16.5. The second kappa shape index (κ2) is 8.52. The van der Waals surface area contributed by atoms with Gasteiger partial charge in [0.2, 0.25) is 5.78 Å². The molecule has 4 heterocycles. The molecule has 1 aliphatic carbocycles. The number of carbonyl (C=O) groups is 1. The molecule has 2 aromatic heterocycles. The number of benzene rings is 4. The Hall–Kier alpha value is -5.95. The summed E-state index contributed by atoms with van der Waals surface area (Å²) in [5, 5.41) is 0. The van der Waals surface area contributed by atoms with E-state index >= 15 is 0 Å². The Balaban J connectivity index is 1.27. The van der Waals surface area contributed by atoms with E-state index in [4.69, 9.17) is 19.4 Å². The first-order valence-electron chi connectivity index (χ1n) is 13.6. The molecule has 0 spiro atoms. The van der Waals surface area contributed by atoms with E-state index in [9.17, 15) is 4.79 Å². The summed E-state index contributed by atoms with van der Waals surface area (Å²) in [7, 11) is 0. The van der Waals surface area contributed by atoms with Crippen molar-refractivity contribution in [1.82, 2.24) is 9.97 Å². The molecule has 0 saturated heterocycles. The fourth-order valence-corrected chi connectivity index (χ4v) is 6.14. The van der Waals surface area contributed by atoms with Gasteiger partial charge in [-0.3, -0.25) is 14.8 Å². The van der Waals surface area contributed by atoms with Crippen molar-refractivity contribution in [2.45, 2.75) is 0 Å². The first-order valence-corrected chi connectivity index (χ1v) is 13.6. The van der Waals surface area contributed by atoms with Gasteiger partial charge in [-0.15, -0.1) is 0 Å². The number of hydrogen-bond acceptors (Lipinski definition) is 7. The van der Waals surface area contributed by atoms with E-state index in [-0.39, 0.29) is 5.78 Å². The highest BCUT2D eigenvalue weighted by molar-refractivity contribution is 6.27. The minimum atomic E-state index is -0.130. The van der Waals surface area contributed by atoms with Gasteiger partial charge in [0.25, 0.3) is 0 Å². The Morgan fingerprint density at radius 1 is 0.429 bits per heavy atom. The molecule has 7 heteroatoms. The smallest absolute Gasteiger partial charge is 0.201 e. The van der Waals surface area contributed by atoms with Gasteiger partial charge in [-0.25, -0.2) is 0 Å². The molecule has 0 atom stereocenters. The summed E-state index contributed by atoms with van der Waals surface area (Å²) in [6.07, 6.45) is 3.48. The fourth-order valence-electron chi connectivity index (χ4n) is 6.14. The quantitative estimate of drug-likeness (QED) is 0.215. The largest absolute Gasteiger partial charge is 0.453 e. The van der Waals surface area contributed by atoms with Crippen LogP contribution < -0.4 is 19.3 Å². The summed E-state index contributed by atoms with van der Waals surface area (Å²) in [6.45, 7) is 0. The van der Waals surface area contributed by atoms with Gasteiger partial charge >= 0.3 is 0 Å². The Bertz CT molecular complexity index is 1870. The standard InChI is InChI=1S/C35H20N4O3/c40-35-31-25(38-21-9-1-5-13-27(21)41-28-14-6-2-10-22(28)38)17-19-36-33(31)34-32(35)26(18-20-37-34)39-23-11-3-7-15-29(23)42-30-16-8-4-12-24(30)39/h1-20H. The zero-order valence-electron chi connectivity index (χ0n) is 22.1. The molecule has 0 fully saturated rings. The summed E-state index contributed by atoms with van der Waals surface area (Å²) in [5.74, 6) is 2.72. The second-order valence-corrected chi connectivity index (χ2v) is 10.2. The van der Waals surface area contributed by atoms with Crippen LogP contribution in [0.25, 0.3) is 11.4 Å². The predicted octanol–water partition coefficient (Wildman–Crippen LogP) is 8.84. The van der Waals surface area contributed by atoms with Crippen LogP contribution in [0, 0.1) is 0 Å². The van der Waals surface area contributed by atoms with E-state index < -0.39 is 0 Å². The molecule has 0 saturated carbocycles. The Morgan fingerprint density at radius 3 is 1.12 bits per heavy atom. The van der Waals surface area contributed by atoms with Crippen LogP contribution in [0.2, 0.25) is 0 Å². The molecule has 4 aromatic carbocycles. The maximum Gasteiger partial charge on any atom is 0.201 e. The molecule has 3 aliphatic rings. The number of aromatic nitrogens is 2. The van der Waals surface area contributed by atoms with Crippen molar-refractivity contribution in [1.29, 1.82) is 0 Å². The summed E-state index contributed by atoms with van der Waals surface area (Å²) in [4.78, 5) is 28.2. The van der Waals surface area contributed by atoms with E-state index in [1.807, 2.05) is 109 Å². The zero-order valence-corrected chi connectivity index (χ0v) is 22.1. The molecule has 198 valence electrons. The summed E-state index contributed by atoms with van der Waals surface area (Å²) >= 11 is 0. The Morgan fingerprint density at radius 2 is 0.762 bits per heavy atom. The maximum atomic E-state index is 14.7. The second-order valence-electron chi connectivity index (χ2n) is 10.2. The van der Waals surface area contributed by atoms with Crippen LogP contribution >= 0.6 is 0 Å². The van der Waals surface area contributed by atoms with Crippen molar-refractivity contribution >= 4 is 39.9 Å². The SMILES string of the molecule is O=C1c2c(N3c4ccccc4Oc4ccccc43)ccnc2-c2nccc(N3c4ccccc4Oc4ccccc43)c21. The van der Waals surface area contributed by atoms with Gasteiger partial charge in [-0.1, -0.05) is 48.5 Å². The van der Waals surface area contributed by atoms with Crippen molar-refractivity contribution in [3.8, 4) is 34.4 Å². The molecule has 0 unspecified atom stereocenters. The molecule has 0 N–H and O–H groups in total. The summed E-state index contributed by atoms with van der Waals surface area (Å²) in [5.41, 5.74) is 6.96. The van der Waals surface area contributed by atoms with Gasteiger partial charge in [-0.05, 0) is 60.7 Å². The number of nitrogens with zero attached hydrogens (tertiary/aromatic N) is 4. The number of rotatable bonds is 2. The topological polar surface area (TPSA) is 67.8 Å². The zero-order chi connectivity index (χ0) is 27.8. The molecule has 0 amide bonds. The third-order valence-corrected chi connectivity index (χ3v) is 7.88. The lowest BCUT2D eigenvalue weighted by atomic mass is 10.0. The average molecular weight is 545 g/mol. The lowest BCUT2D eigenvalue weighted by molar-refractivity contribution is 0.104. The molecular formula is C35H20N4O3. The molecule has 6 aromatic rings. The number of ketones is 1. The van der Waals surface area contributed by atoms with Crippen LogP contribution in [0.3, 0.4) is 0 Å². The average Bonchev–Trinajstić information content (AvgIpc) is 3.34. The van der Waals surface area contributed by atoms with E-state index in [0.717, 1.165) is 34.1 Å². The third-order valence-electron chi connectivity index (χ3n) is 7.88. The molecule has 2 aliphatic heterocycles. The van der Waals surface area contributed by atoms with E-state index in [1.165, 1.54) is 0 Å². The Kier molecular flexibility index (Phi) is 4.63. The van der Waals surface area contributed by atoms with Gasteiger partial charge < -0.3 is 19.3 Å². The Labute approximate surface area is 240 Å². The maximum absolute atomic E-state index is 14.7. The number of anilines is 6. The van der Waals surface area contributed by atoms with Crippen LogP contribution in [0.4, 0.5) is 34.1 Å². The highest BCUT2D eigenvalue weighted by Gasteiger charge is 2.40. The van der Waals surface area contributed by atoms with Crippen molar-refractivity contribution in [3.63, 3.8) is 0 Å². The lowest BCUT2D eigenvalue weighted by Crippen LogP contribution is -2.19. The fraction of sp³-hybridized carbons (Fsp3) is 0. The number of ether oxygens (including phenoxy) is 2. The minimum absolute atomic E-state index is 0.130. The van der Waals surface area contributed by atoms with Gasteiger partial charge in [0, 0.05) is 12.4 Å². The number of hydrogen-bond donors (Lipinski definition) is 0. The lowest BCUT2D eigenvalue weighted by Gasteiger charge is -2.34. The minimum Gasteiger partial charge on any atom is -0.453 e. The van der Waals surface area contributed by atoms with Gasteiger partial charge in [0.15, 0.2) is 23.0 Å². The summed E-state index contributed by atoms with van der Waals surface area (Å²) in [6, 6.07) is 35.1. The first-order chi connectivity index (χ1) is 20.8. The number of fused-ring (bicyclic) bond motifs is 7. The highest BCUT2D eigenvalue weighted by Crippen LogP contribution is 2.55. The van der Waals surface area contributed by atoms with E-state index in [0.29, 0.717) is 45.5 Å². The summed E-state index contributed by atoms with van der Waals surface area (Å²) < 4.78 is 12.5. The molecule has 7 nitrogen and oxygen atoms in total. The van der Waals surface area contributed by atoms with Crippen LogP contribution in [0.5, 0.6) is 23.0 Å².